The highest BCUT2D eigenvalue weighted by atomic mass is 16.5. The van der Waals surface area contributed by atoms with Crippen LogP contribution in [0.1, 0.15) is 44.7 Å². The van der Waals surface area contributed by atoms with Crippen LogP contribution in [0.4, 0.5) is 5.82 Å². The van der Waals surface area contributed by atoms with Gasteiger partial charge in [0.1, 0.15) is 17.5 Å². The van der Waals surface area contributed by atoms with E-state index in [9.17, 15) is 4.79 Å². The summed E-state index contributed by atoms with van der Waals surface area (Å²) in [5.74, 6) is 0.931. The molecule has 2 aromatic heterocycles. The molecule has 0 aromatic carbocycles. The van der Waals surface area contributed by atoms with Crippen LogP contribution in [0.15, 0.2) is 10.9 Å². The zero-order valence-electron chi connectivity index (χ0n) is 13.5. The SMILES string of the molecule is CC(=O)NC1CCN(c2ncnc3onc(C)c23)C12CCCC2. The Morgan fingerprint density at radius 1 is 1.39 bits per heavy atom. The number of rotatable bonds is 2. The maximum atomic E-state index is 11.6. The number of carbonyl (C=O) groups is 1. The molecule has 2 aromatic rings. The van der Waals surface area contributed by atoms with Gasteiger partial charge in [-0.15, -0.1) is 0 Å². The molecule has 3 heterocycles. The van der Waals surface area contributed by atoms with E-state index in [0.717, 1.165) is 42.7 Å². The van der Waals surface area contributed by atoms with E-state index in [1.807, 2.05) is 6.92 Å². The molecule has 1 aliphatic carbocycles. The summed E-state index contributed by atoms with van der Waals surface area (Å²) in [6.07, 6.45) is 7.00. The summed E-state index contributed by atoms with van der Waals surface area (Å²) in [7, 11) is 0. The lowest BCUT2D eigenvalue weighted by atomic mass is 9.88. The molecule has 1 saturated carbocycles. The van der Waals surface area contributed by atoms with Gasteiger partial charge in [-0.3, -0.25) is 4.79 Å². The van der Waals surface area contributed by atoms with E-state index in [2.05, 4.69) is 25.3 Å². The molecule has 1 aliphatic heterocycles. The second-order valence-corrected chi connectivity index (χ2v) is 6.65. The zero-order chi connectivity index (χ0) is 16.0. The molecule has 122 valence electrons. The first-order chi connectivity index (χ1) is 11.1. The first-order valence-corrected chi connectivity index (χ1v) is 8.23. The van der Waals surface area contributed by atoms with Gasteiger partial charge >= 0.3 is 0 Å². The van der Waals surface area contributed by atoms with E-state index in [1.54, 1.807) is 6.92 Å². The molecule has 1 unspecified atom stereocenters. The Hall–Kier alpha value is -2.18. The minimum Gasteiger partial charge on any atom is -0.351 e. The van der Waals surface area contributed by atoms with E-state index in [0.29, 0.717) is 5.71 Å². The molecular weight excluding hydrogens is 294 g/mol. The number of aryl methyl sites for hydroxylation is 1. The highest BCUT2D eigenvalue weighted by Gasteiger charge is 2.51. The molecule has 7 heteroatoms. The van der Waals surface area contributed by atoms with Crippen molar-refractivity contribution >= 4 is 22.8 Å². The number of fused-ring (bicyclic) bond motifs is 1. The number of amides is 1. The average Bonchev–Trinajstić information content (AvgIpc) is 3.22. The topological polar surface area (TPSA) is 84.2 Å². The number of hydrogen-bond donors (Lipinski definition) is 1. The Balaban J connectivity index is 1.81. The number of hydrogen-bond acceptors (Lipinski definition) is 6. The lowest BCUT2D eigenvalue weighted by Gasteiger charge is -2.40. The van der Waals surface area contributed by atoms with Crippen LogP contribution in [0.5, 0.6) is 0 Å². The third kappa shape index (κ3) is 2.09. The number of carbonyl (C=O) groups excluding carboxylic acids is 1. The number of anilines is 1. The molecule has 23 heavy (non-hydrogen) atoms. The van der Waals surface area contributed by atoms with Crippen molar-refractivity contribution in [3.63, 3.8) is 0 Å². The van der Waals surface area contributed by atoms with Gasteiger partial charge in [0.15, 0.2) is 0 Å². The second-order valence-electron chi connectivity index (χ2n) is 6.65. The summed E-state index contributed by atoms with van der Waals surface area (Å²) in [4.78, 5) is 22.7. The van der Waals surface area contributed by atoms with Gasteiger partial charge in [0, 0.05) is 13.5 Å². The van der Waals surface area contributed by atoms with Gasteiger partial charge in [-0.25, -0.2) is 4.98 Å². The van der Waals surface area contributed by atoms with Gasteiger partial charge in [0.05, 0.1) is 17.3 Å². The molecule has 7 nitrogen and oxygen atoms in total. The Labute approximate surface area is 134 Å². The normalized spacial score (nSPS) is 23.0. The van der Waals surface area contributed by atoms with Gasteiger partial charge in [-0.05, 0) is 26.2 Å². The molecule has 0 radical (unpaired) electrons. The van der Waals surface area contributed by atoms with Crippen molar-refractivity contribution in [2.24, 2.45) is 0 Å². The maximum Gasteiger partial charge on any atom is 0.263 e. The van der Waals surface area contributed by atoms with Crippen LogP contribution in [0.3, 0.4) is 0 Å². The monoisotopic (exact) mass is 315 g/mol. The van der Waals surface area contributed by atoms with Gasteiger partial charge in [0.25, 0.3) is 5.71 Å². The van der Waals surface area contributed by atoms with Crippen molar-refractivity contribution < 1.29 is 9.32 Å². The molecule has 4 rings (SSSR count). The smallest absolute Gasteiger partial charge is 0.263 e. The number of nitrogens with zero attached hydrogens (tertiary/aromatic N) is 4. The quantitative estimate of drug-likeness (QED) is 0.912. The van der Waals surface area contributed by atoms with Crippen LogP contribution in [0.2, 0.25) is 0 Å². The fraction of sp³-hybridized carbons (Fsp3) is 0.625. The molecule has 1 N–H and O–H groups in total. The first kappa shape index (κ1) is 14.4. The minimum atomic E-state index is -0.0450. The third-order valence-electron chi connectivity index (χ3n) is 5.35. The highest BCUT2D eigenvalue weighted by Crippen LogP contribution is 2.46. The molecule has 1 saturated heterocycles. The maximum absolute atomic E-state index is 11.6. The number of aromatic nitrogens is 3. The summed E-state index contributed by atoms with van der Waals surface area (Å²) in [5, 5.41) is 8.10. The predicted octanol–water partition coefficient (Wildman–Crippen LogP) is 1.95. The Morgan fingerprint density at radius 2 is 2.17 bits per heavy atom. The van der Waals surface area contributed by atoms with Crippen molar-refractivity contribution in [3.05, 3.63) is 12.0 Å². The van der Waals surface area contributed by atoms with E-state index < -0.39 is 0 Å². The van der Waals surface area contributed by atoms with Gasteiger partial charge in [-0.1, -0.05) is 18.0 Å². The van der Waals surface area contributed by atoms with Crippen molar-refractivity contribution in [2.75, 3.05) is 11.4 Å². The summed E-state index contributed by atoms with van der Waals surface area (Å²) < 4.78 is 5.29. The van der Waals surface area contributed by atoms with Crippen LogP contribution in [0.25, 0.3) is 11.1 Å². The Morgan fingerprint density at radius 3 is 2.91 bits per heavy atom. The van der Waals surface area contributed by atoms with E-state index >= 15 is 0 Å². The van der Waals surface area contributed by atoms with E-state index in [-0.39, 0.29) is 17.5 Å². The van der Waals surface area contributed by atoms with Crippen molar-refractivity contribution in [3.8, 4) is 0 Å². The van der Waals surface area contributed by atoms with Crippen LogP contribution in [-0.2, 0) is 4.79 Å². The minimum absolute atomic E-state index is 0.0390. The zero-order valence-corrected chi connectivity index (χ0v) is 13.5. The Kier molecular flexibility index (Phi) is 3.25. The summed E-state index contributed by atoms with van der Waals surface area (Å²) >= 11 is 0. The lowest BCUT2D eigenvalue weighted by Crippen LogP contribution is -2.55. The Bertz CT molecular complexity index is 750. The van der Waals surface area contributed by atoms with E-state index in [4.69, 9.17) is 4.52 Å². The van der Waals surface area contributed by atoms with Crippen LogP contribution in [0, 0.1) is 6.92 Å². The second kappa shape index (κ2) is 5.18. The molecule has 2 aliphatic rings. The van der Waals surface area contributed by atoms with Crippen LogP contribution in [-0.4, -0.2) is 39.2 Å². The highest BCUT2D eigenvalue weighted by molar-refractivity contribution is 5.88. The molecular formula is C16H21N5O2. The van der Waals surface area contributed by atoms with Crippen LogP contribution >= 0.6 is 0 Å². The molecule has 1 amide bonds. The van der Waals surface area contributed by atoms with Crippen LogP contribution < -0.4 is 10.2 Å². The fourth-order valence-corrected chi connectivity index (χ4v) is 4.42. The standard InChI is InChI=1S/C16H21N5O2/c1-10-13-14(17-9-18-15(13)23-20-10)21-8-5-12(19-11(2)22)16(21)6-3-4-7-16/h9,12H,3-8H2,1-2H3,(H,19,22). The lowest BCUT2D eigenvalue weighted by molar-refractivity contribution is -0.120. The summed E-state index contributed by atoms with van der Waals surface area (Å²) in [5.41, 5.74) is 1.30. The molecule has 0 bridgehead atoms. The molecule has 2 fully saturated rings. The molecule has 1 atom stereocenters. The summed E-state index contributed by atoms with van der Waals surface area (Å²) in [6, 6.07) is 0.174. The fourth-order valence-electron chi connectivity index (χ4n) is 4.42. The van der Waals surface area contributed by atoms with E-state index in [1.165, 1.54) is 19.2 Å². The van der Waals surface area contributed by atoms with Gasteiger partial charge in [-0.2, -0.15) is 4.98 Å². The van der Waals surface area contributed by atoms with Crippen molar-refractivity contribution in [2.45, 2.75) is 57.5 Å². The first-order valence-electron chi connectivity index (χ1n) is 8.23. The molecule has 1 spiro atoms. The largest absolute Gasteiger partial charge is 0.351 e. The predicted molar refractivity (Wildman–Crippen MR) is 85.1 cm³/mol. The van der Waals surface area contributed by atoms with Crippen molar-refractivity contribution in [1.29, 1.82) is 0 Å². The van der Waals surface area contributed by atoms with Crippen molar-refractivity contribution in [1.82, 2.24) is 20.4 Å². The average molecular weight is 315 g/mol. The van der Waals surface area contributed by atoms with Gasteiger partial charge in [0.2, 0.25) is 5.91 Å². The number of nitrogens with one attached hydrogen (secondary N) is 1. The van der Waals surface area contributed by atoms with Gasteiger partial charge < -0.3 is 14.7 Å². The summed E-state index contributed by atoms with van der Waals surface area (Å²) in [6.45, 7) is 4.39. The third-order valence-corrected chi connectivity index (χ3v) is 5.35.